The lowest BCUT2D eigenvalue weighted by atomic mass is 9.83. The summed E-state index contributed by atoms with van der Waals surface area (Å²) in [6, 6.07) is 8.68. The Morgan fingerprint density at radius 2 is 2.10 bits per heavy atom. The fraction of sp³-hybridized carbons (Fsp3) is 0.500. The fourth-order valence-electron chi connectivity index (χ4n) is 3.20. The topological polar surface area (TPSA) is 60.2 Å². The van der Waals surface area contributed by atoms with E-state index in [1.54, 1.807) is 0 Å². The number of aryl methyl sites for hydroxylation is 1. The van der Waals surface area contributed by atoms with Crippen LogP contribution in [0.15, 0.2) is 28.8 Å². The fourth-order valence-corrected chi connectivity index (χ4v) is 3.20. The van der Waals surface area contributed by atoms with Gasteiger partial charge in [0.2, 0.25) is 5.89 Å². The Bertz CT molecular complexity index is 619. The van der Waals surface area contributed by atoms with Crippen LogP contribution in [0.2, 0.25) is 0 Å². The summed E-state index contributed by atoms with van der Waals surface area (Å²) in [7, 11) is 0. The van der Waals surface area contributed by atoms with E-state index in [-0.39, 0.29) is 6.04 Å². The van der Waals surface area contributed by atoms with E-state index < -0.39 is 0 Å². The number of ether oxygens (including phenoxy) is 1. The molecule has 21 heavy (non-hydrogen) atoms. The maximum atomic E-state index is 5.45. The number of benzene rings is 1. The smallest absolute Gasteiger partial charge is 0.246 e. The largest absolute Gasteiger partial charge is 0.378 e. The molecule has 1 N–H and O–H groups in total. The lowest BCUT2D eigenvalue weighted by Gasteiger charge is -2.22. The van der Waals surface area contributed by atoms with Crippen molar-refractivity contribution in [2.24, 2.45) is 0 Å². The van der Waals surface area contributed by atoms with Gasteiger partial charge in [-0.25, -0.2) is 0 Å². The lowest BCUT2D eigenvalue weighted by molar-refractivity contribution is 0.0659. The van der Waals surface area contributed by atoms with Crippen molar-refractivity contribution in [3.05, 3.63) is 47.1 Å². The molecule has 0 radical (unpaired) electrons. The zero-order valence-electron chi connectivity index (χ0n) is 11.9. The maximum Gasteiger partial charge on any atom is 0.246 e. The standard InChI is InChI=1S/C16H19N3O2/c1-2-4-12-9-13(6-5-11(12)3-1)15-18-16(21-19-15)14-10-20-8-7-17-14/h1-4,13-14,17H,5-10H2. The molecule has 5 nitrogen and oxygen atoms in total. The van der Waals surface area contributed by atoms with Crippen molar-refractivity contribution in [3.8, 4) is 0 Å². The Morgan fingerprint density at radius 1 is 1.19 bits per heavy atom. The van der Waals surface area contributed by atoms with Crippen LogP contribution in [-0.2, 0) is 17.6 Å². The van der Waals surface area contributed by atoms with Crippen LogP contribution in [-0.4, -0.2) is 29.9 Å². The lowest BCUT2D eigenvalue weighted by Crippen LogP contribution is -2.34. The summed E-state index contributed by atoms with van der Waals surface area (Å²) in [5, 5.41) is 7.55. The molecular formula is C16H19N3O2. The third kappa shape index (κ3) is 2.59. The Labute approximate surface area is 123 Å². The van der Waals surface area contributed by atoms with Crippen molar-refractivity contribution in [3.63, 3.8) is 0 Å². The molecule has 1 saturated heterocycles. The molecule has 4 rings (SSSR count). The molecule has 2 aliphatic rings. The second kappa shape index (κ2) is 5.58. The van der Waals surface area contributed by atoms with Gasteiger partial charge in [0.15, 0.2) is 5.82 Å². The molecule has 0 amide bonds. The van der Waals surface area contributed by atoms with Crippen molar-refractivity contribution in [2.75, 3.05) is 19.8 Å². The van der Waals surface area contributed by atoms with E-state index in [1.807, 2.05) is 0 Å². The van der Waals surface area contributed by atoms with Gasteiger partial charge in [0.25, 0.3) is 0 Å². The zero-order chi connectivity index (χ0) is 14.1. The van der Waals surface area contributed by atoms with Gasteiger partial charge in [-0.1, -0.05) is 29.4 Å². The Kier molecular flexibility index (Phi) is 3.45. The number of rotatable bonds is 2. The molecule has 0 spiro atoms. The molecule has 1 aromatic heterocycles. The highest BCUT2D eigenvalue weighted by atomic mass is 16.5. The first-order valence-electron chi connectivity index (χ1n) is 7.61. The minimum Gasteiger partial charge on any atom is -0.378 e. The first-order chi connectivity index (χ1) is 10.4. The van der Waals surface area contributed by atoms with Crippen molar-refractivity contribution < 1.29 is 9.26 Å². The van der Waals surface area contributed by atoms with Crippen LogP contribution in [0.5, 0.6) is 0 Å². The third-order valence-corrected chi connectivity index (χ3v) is 4.39. The molecule has 0 bridgehead atoms. The van der Waals surface area contributed by atoms with Crippen LogP contribution in [0.4, 0.5) is 0 Å². The van der Waals surface area contributed by atoms with Gasteiger partial charge in [-0.2, -0.15) is 4.98 Å². The third-order valence-electron chi connectivity index (χ3n) is 4.39. The number of morpholine rings is 1. The number of hydrogen-bond acceptors (Lipinski definition) is 5. The van der Waals surface area contributed by atoms with Gasteiger partial charge in [-0.3, -0.25) is 0 Å². The average Bonchev–Trinajstić information content (AvgIpc) is 3.05. The Morgan fingerprint density at radius 3 is 2.95 bits per heavy atom. The molecule has 110 valence electrons. The number of fused-ring (bicyclic) bond motifs is 1. The summed E-state index contributed by atoms with van der Waals surface area (Å²) in [6.45, 7) is 2.19. The SMILES string of the molecule is c1ccc2c(c1)CCC(c1noc(C3COCCN3)n1)C2. The highest BCUT2D eigenvalue weighted by Gasteiger charge is 2.27. The molecule has 5 heteroatoms. The summed E-state index contributed by atoms with van der Waals surface area (Å²) >= 11 is 0. The van der Waals surface area contributed by atoms with Crippen LogP contribution in [0, 0.1) is 0 Å². The van der Waals surface area contributed by atoms with E-state index in [0.29, 0.717) is 18.4 Å². The van der Waals surface area contributed by atoms with Crippen molar-refractivity contribution in [2.45, 2.75) is 31.2 Å². The van der Waals surface area contributed by atoms with Crippen LogP contribution >= 0.6 is 0 Å². The number of hydrogen-bond donors (Lipinski definition) is 1. The number of nitrogens with one attached hydrogen (secondary N) is 1. The predicted octanol–water partition coefficient (Wildman–Crippen LogP) is 2.00. The van der Waals surface area contributed by atoms with Gasteiger partial charge in [0, 0.05) is 12.5 Å². The van der Waals surface area contributed by atoms with Crippen molar-refractivity contribution in [1.82, 2.24) is 15.5 Å². The highest BCUT2D eigenvalue weighted by Crippen LogP contribution is 2.31. The van der Waals surface area contributed by atoms with Crippen molar-refractivity contribution >= 4 is 0 Å². The molecular weight excluding hydrogens is 266 g/mol. The van der Waals surface area contributed by atoms with Gasteiger partial charge in [-0.15, -0.1) is 0 Å². The van der Waals surface area contributed by atoms with E-state index in [0.717, 1.165) is 38.2 Å². The minimum atomic E-state index is 0.0378. The molecule has 1 fully saturated rings. The quantitative estimate of drug-likeness (QED) is 0.914. The predicted molar refractivity (Wildman–Crippen MR) is 77.1 cm³/mol. The van der Waals surface area contributed by atoms with E-state index >= 15 is 0 Å². The molecule has 2 atom stereocenters. The molecule has 1 aromatic carbocycles. The first kappa shape index (κ1) is 13.0. The Balaban J connectivity index is 1.51. The maximum absolute atomic E-state index is 5.45. The molecule has 2 heterocycles. The summed E-state index contributed by atoms with van der Waals surface area (Å²) in [4.78, 5) is 4.61. The van der Waals surface area contributed by atoms with E-state index in [1.165, 1.54) is 11.1 Å². The number of aromatic nitrogens is 2. The van der Waals surface area contributed by atoms with Gasteiger partial charge < -0.3 is 14.6 Å². The molecule has 2 aromatic rings. The van der Waals surface area contributed by atoms with Crippen molar-refractivity contribution in [1.29, 1.82) is 0 Å². The van der Waals surface area contributed by atoms with Gasteiger partial charge in [-0.05, 0) is 30.4 Å². The van der Waals surface area contributed by atoms with E-state index in [2.05, 4.69) is 39.7 Å². The zero-order valence-corrected chi connectivity index (χ0v) is 11.9. The molecule has 1 aliphatic heterocycles. The second-order valence-corrected chi connectivity index (χ2v) is 5.78. The monoisotopic (exact) mass is 285 g/mol. The number of nitrogens with zero attached hydrogens (tertiary/aromatic N) is 2. The Hall–Kier alpha value is -1.72. The van der Waals surface area contributed by atoms with Crippen LogP contribution in [0.1, 0.15) is 41.2 Å². The van der Waals surface area contributed by atoms with Gasteiger partial charge in [0.05, 0.1) is 13.2 Å². The van der Waals surface area contributed by atoms with Gasteiger partial charge in [0.1, 0.15) is 6.04 Å². The highest BCUT2D eigenvalue weighted by molar-refractivity contribution is 5.31. The first-order valence-corrected chi connectivity index (χ1v) is 7.61. The normalized spacial score (nSPS) is 25.5. The summed E-state index contributed by atoms with van der Waals surface area (Å²) in [6.07, 6.45) is 3.18. The molecule has 0 saturated carbocycles. The van der Waals surface area contributed by atoms with Gasteiger partial charge >= 0.3 is 0 Å². The summed E-state index contributed by atoms with van der Waals surface area (Å²) in [5.74, 6) is 1.86. The molecule has 1 aliphatic carbocycles. The van der Waals surface area contributed by atoms with E-state index in [4.69, 9.17) is 9.26 Å². The van der Waals surface area contributed by atoms with Crippen LogP contribution in [0.3, 0.4) is 0 Å². The minimum absolute atomic E-state index is 0.0378. The van der Waals surface area contributed by atoms with E-state index in [9.17, 15) is 0 Å². The summed E-state index contributed by atoms with van der Waals surface area (Å²) < 4.78 is 10.9. The summed E-state index contributed by atoms with van der Waals surface area (Å²) in [5.41, 5.74) is 2.87. The second-order valence-electron chi connectivity index (χ2n) is 5.78. The van der Waals surface area contributed by atoms with Crippen LogP contribution < -0.4 is 5.32 Å². The molecule has 2 unspecified atom stereocenters. The van der Waals surface area contributed by atoms with Crippen LogP contribution in [0.25, 0.3) is 0 Å². The average molecular weight is 285 g/mol.